The first-order valence-electron chi connectivity index (χ1n) is 5.54. The van der Waals surface area contributed by atoms with Crippen molar-refractivity contribution in [2.45, 2.75) is 40.3 Å². The normalized spacial score (nSPS) is 10.6. The molecule has 16 heavy (non-hydrogen) atoms. The average Bonchev–Trinajstić information content (AvgIpc) is 2.44. The SMILES string of the molecule is Cc1cc(C)n(CCNC(=O)NC(C)C)n1. The van der Waals surface area contributed by atoms with Crippen molar-refractivity contribution in [3.8, 4) is 0 Å². The van der Waals surface area contributed by atoms with Crippen molar-refractivity contribution in [2.24, 2.45) is 0 Å². The van der Waals surface area contributed by atoms with Crippen LogP contribution in [-0.4, -0.2) is 28.4 Å². The van der Waals surface area contributed by atoms with Gasteiger partial charge in [-0.25, -0.2) is 4.79 Å². The van der Waals surface area contributed by atoms with Gasteiger partial charge < -0.3 is 10.6 Å². The highest BCUT2D eigenvalue weighted by atomic mass is 16.2. The number of hydrogen-bond acceptors (Lipinski definition) is 2. The molecule has 1 rings (SSSR count). The van der Waals surface area contributed by atoms with Crippen molar-refractivity contribution >= 4 is 6.03 Å². The Morgan fingerprint density at radius 2 is 2.19 bits per heavy atom. The third kappa shape index (κ3) is 3.92. The van der Waals surface area contributed by atoms with Crippen LogP contribution in [0.4, 0.5) is 4.79 Å². The summed E-state index contributed by atoms with van der Waals surface area (Å²) in [6.07, 6.45) is 0. The average molecular weight is 224 g/mol. The van der Waals surface area contributed by atoms with E-state index in [1.165, 1.54) is 0 Å². The lowest BCUT2D eigenvalue weighted by atomic mass is 10.4. The molecule has 0 saturated carbocycles. The van der Waals surface area contributed by atoms with Crippen molar-refractivity contribution in [1.82, 2.24) is 20.4 Å². The van der Waals surface area contributed by atoms with Gasteiger partial charge in [0.2, 0.25) is 0 Å². The largest absolute Gasteiger partial charge is 0.336 e. The van der Waals surface area contributed by atoms with Crippen LogP contribution in [0.15, 0.2) is 6.07 Å². The maximum atomic E-state index is 11.3. The molecule has 5 nitrogen and oxygen atoms in total. The molecule has 0 spiro atoms. The summed E-state index contributed by atoms with van der Waals surface area (Å²) < 4.78 is 1.89. The monoisotopic (exact) mass is 224 g/mol. The number of nitrogens with zero attached hydrogens (tertiary/aromatic N) is 2. The summed E-state index contributed by atoms with van der Waals surface area (Å²) in [5.74, 6) is 0. The van der Waals surface area contributed by atoms with Crippen molar-refractivity contribution in [2.75, 3.05) is 6.54 Å². The first-order chi connectivity index (χ1) is 7.49. The lowest BCUT2D eigenvalue weighted by Gasteiger charge is -2.10. The second-order valence-electron chi connectivity index (χ2n) is 4.21. The summed E-state index contributed by atoms with van der Waals surface area (Å²) in [6, 6.07) is 2.05. The zero-order valence-electron chi connectivity index (χ0n) is 10.4. The zero-order valence-corrected chi connectivity index (χ0v) is 10.4. The minimum atomic E-state index is -0.128. The third-order valence-corrected chi connectivity index (χ3v) is 2.13. The van der Waals surface area contributed by atoms with Crippen LogP contribution in [-0.2, 0) is 6.54 Å². The molecule has 0 fully saturated rings. The summed E-state index contributed by atoms with van der Waals surface area (Å²) >= 11 is 0. The van der Waals surface area contributed by atoms with Crippen molar-refractivity contribution < 1.29 is 4.79 Å². The van der Waals surface area contributed by atoms with Crippen LogP contribution < -0.4 is 10.6 Å². The van der Waals surface area contributed by atoms with Crippen LogP contribution in [0.25, 0.3) is 0 Å². The second kappa shape index (κ2) is 5.53. The lowest BCUT2D eigenvalue weighted by Crippen LogP contribution is -2.40. The Labute approximate surface area is 96.2 Å². The summed E-state index contributed by atoms with van der Waals surface area (Å²) in [5, 5.41) is 9.87. The Morgan fingerprint density at radius 1 is 1.50 bits per heavy atom. The molecule has 90 valence electrons. The van der Waals surface area contributed by atoms with Crippen LogP contribution in [0.3, 0.4) is 0 Å². The van der Waals surface area contributed by atoms with E-state index in [9.17, 15) is 4.79 Å². The Hall–Kier alpha value is -1.52. The predicted molar refractivity (Wildman–Crippen MR) is 63.4 cm³/mol. The molecule has 1 heterocycles. The Balaban J connectivity index is 2.30. The number of aromatic nitrogens is 2. The predicted octanol–water partition coefficient (Wildman–Crippen LogP) is 1.21. The molecule has 0 aliphatic rings. The maximum Gasteiger partial charge on any atom is 0.315 e. The van der Waals surface area contributed by atoms with Crippen molar-refractivity contribution in [1.29, 1.82) is 0 Å². The maximum absolute atomic E-state index is 11.3. The van der Waals surface area contributed by atoms with E-state index in [0.717, 1.165) is 11.4 Å². The molecule has 0 aliphatic heterocycles. The first-order valence-corrected chi connectivity index (χ1v) is 5.54. The van der Waals surface area contributed by atoms with Gasteiger partial charge >= 0.3 is 6.03 Å². The quantitative estimate of drug-likeness (QED) is 0.807. The number of aryl methyl sites for hydroxylation is 2. The fourth-order valence-electron chi connectivity index (χ4n) is 1.49. The molecule has 0 unspecified atom stereocenters. The number of carbonyl (C=O) groups excluding carboxylic acids is 1. The van der Waals surface area contributed by atoms with Crippen LogP contribution in [0.5, 0.6) is 0 Å². The van der Waals surface area contributed by atoms with E-state index in [1.54, 1.807) is 0 Å². The van der Waals surface area contributed by atoms with Crippen LogP contribution >= 0.6 is 0 Å². The first kappa shape index (κ1) is 12.5. The van der Waals surface area contributed by atoms with Gasteiger partial charge in [0, 0.05) is 18.3 Å². The van der Waals surface area contributed by atoms with Gasteiger partial charge in [-0.15, -0.1) is 0 Å². The molecular formula is C11H20N4O. The molecule has 0 bridgehead atoms. The van der Waals surface area contributed by atoms with Crippen LogP contribution in [0, 0.1) is 13.8 Å². The third-order valence-electron chi connectivity index (χ3n) is 2.13. The van der Waals surface area contributed by atoms with Crippen molar-refractivity contribution in [3.63, 3.8) is 0 Å². The second-order valence-corrected chi connectivity index (χ2v) is 4.21. The van der Waals surface area contributed by atoms with Gasteiger partial charge in [-0.3, -0.25) is 4.68 Å². The standard InChI is InChI=1S/C11H20N4O/c1-8(2)13-11(16)12-5-6-15-10(4)7-9(3)14-15/h7-8H,5-6H2,1-4H3,(H2,12,13,16). The van der Waals surface area contributed by atoms with Crippen LogP contribution in [0.1, 0.15) is 25.2 Å². The van der Waals surface area contributed by atoms with Gasteiger partial charge in [-0.1, -0.05) is 0 Å². The van der Waals surface area contributed by atoms with Gasteiger partial charge in [0.25, 0.3) is 0 Å². The molecule has 0 radical (unpaired) electrons. The number of amides is 2. The molecule has 0 aromatic carbocycles. The fraction of sp³-hybridized carbons (Fsp3) is 0.636. The van der Waals surface area contributed by atoms with E-state index in [4.69, 9.17) is 0 Å². The summed E-state index contributed by atoms with van der Waals surface area (Å²) in [5.41, 5.74) is 2.12. The Kier molecular flexibility index (Phi) is 4.34. The highest BCUT2D eigenvalue weighted by Crippen LogP contribution is 2.00. The molecule has 2 amide bonds. The summed E-state index contributed by atoms with van der Waals surface area (Å²) in [6.45, 7) is 9.11. The number of urea groups is 1. The fourth-order valence-corrected chi connectivity index (χ4v) is 1.49. The van der Waals surface area contributed by atoms with E-state index in [-0.39, 0.29) is 12.1 Å². The van der Waals surface area contributed by atoms with E-state index >= 15 is 0 Å². The molecule has 0 atom stereocenters. The number of nitrogens with one attached hydrogen (secondary N) is 2. The zero-order chi connectivity index (χ0) is 12.1. The molecule has 0 saturated heterocycles. The number of hydrogen-bond donors (Lipinski definition) is 2. The topological polar surface area (TPSA) is 59.0 Å². The van der Waals surface area contributed by atoms with Crippen LogP contribution in [0.2, 0.25) is 0 Å². The number of rotatable bonds is 4. The molecule has 5 heteroatoms. The Bertz CT molecular complexity index is 357. The number of carbonyl (C=O) groups is 1. The molecule has 0 aliphatic carbocycles. The van der Waals surface area contributed by atoms with Crippen molar-refractivity contribution in [3.05, 3.63) is 17.5 Å². The summed E-state index contributed by atoms with van der Waals surface area (Å²) in [7, 11) is 0. The van der Waals surface area contributed by atoms with E-state index in [1.807, 2.05) is 38.4 Å². The highest BCUT2D eigenvalue weighted by Gasteiger charge is 2.03. The lowest BCUT2D eigenvalue weighted by molar-refractivity contribution is 0.238. The van der Waals surface area contributed by atoms with Gasteiger partial charge in [0.1, 0.15) is 0 Å². The minimum Gasteiger partial charge on any atom is -0.336 e. The Morgan fingerprint density at radius 3 is 2.69 bits per heavy atom. The van der Waals surface area contributed by atoms with Gasteiger partial charge in [-0.05, 0) is 33.8 Å². The molecular weight excluding hydrogens is 204 g/mol. The smallest absolute Gasteiger partial charge is 0.315 e. The molecule has 1 aromatic heterocycles. The molecule has 1 aromatic rings. The summed E-state index contributed by atoms with van der Waals surface area (Å²) in [4.78, 5) is 11.3. The van der Waals surface area contributed by atoms with Gasteiger partial charge in [0.15, 0.2) is 0 Å². The van der Waals surface area contributed by atoms with E-state index < -0.39 is 0 Å². The minimum absolute atomic E-state index is 0.128. The van der Waals surface area contributed by atoms with Gasteiger partial charge in [0.05, 0.1) is 12.2 Å². The highest BCUT2D eigenvalue weighted by molar-refractivity contribution is 5.73. The molecule has 2 N–H and O–H groups in total. The van der Waals surface area contributed by atoms with E-state index in [0.29, 0.717) is 13.1 Å². The van der Waals surface area contributed by atoms with E-state index in [2.05, 4.69) is 15.7 Å². The van der Waals surface area contributed by atoms with Gasteiger partial charge in [-0.2, -0.15) is 5.10 Å².